The predicted octanol–water partition coefficient (Wildman–Crippen LogP) is 5.35. The molecule has 1 aromatic rings. The molecule has 1 aromatic carbocycles. The summed E-state index contributed by atoms with van der Waals surface area (Å²) in [5.41, 5.74) is 3.22. The van der Waals surface area contributed by atoms with Crippen molar-refractivity contribution in [3.8, 4) is 0 Å². The summed E-state index contributed by atoms with van der Waals surface area (Å²) in [7, 11) is 0. The molecule has 2 fully saturated rings. The van der Waals surface area contributed by atoms with E-state index in [4.69, 9.17) is 0 Å². The van der Waals surface area contributed by atoms with Gasteiger partial charge in [-0.25, -0.2) is 0 Å². The van der Waals surface area contributed by atoms with E-state index in [2.05, 4.69) is 34.5 Å². The van der Waals surface area contributed by atoms with Crippen molar-refractivity contribution in [2.24, 2.45) is 5.92 Å². The van der Waals surface area contributed by atoms with Crippen LogP contribution in [0.5, 0.6) is 0 Å². The Morgan fingerprint density at radius 3 is 2.57 bits per heavy atom. The largest absolute Gasteiger partial charge is 0.350 e. The predicted molar refractivity (Wildman–Crippen MR) is 115 cm³/mol. The number of carbonyl (C=O) groups excluding carboxylic acids is 1. The number of carbonyl (C=O) groups is 1. The van der Waals surface area contributed by atoms with Crippen LogP contribution in [0.4, 0.5) is 0 Å². The summed E-state index contributed by atoms with van der Waals surface area (Å²) in [4.78, 5) is 14.3. The number of fused-ring (bicyclic) bond motifs is 2. The van der Waals surface area contributed by atoms with Gasteiger partial charge in [0.05, 0.1) is 6.04 Å². The molecule has 0 bridgehead atoms. The number of hydrogen-bond donors (Lipinski definition) is 1. The van der Waals surface area contributed by atoms with Crippen molar-refractivity contribution in [1.82, 2.24) is 10.2 Å². The van der Waals surface area contributed by atoms with Gasteiger partial charge in [-0.3, -0.25) is 4.79 Å². The second-order valence-corrected chi connectivity index (χ2v) is 9.65. The monoisotopic (exact) mass is 382 g/mol. The van der Waals surface area contributed by atoms with Gasteiger partial charge in [0.1, 0.15) is 0 Å². The van der Waals surface area contributed by atoms with Crippen LogP contribution < -0.4 is 5.32 Å². The quantitative estimate of drug-likeness (QED) is 0.744. The lowest BCUT2D eigenvalue weighted by Crippen LogP contribution is -2.46. The first-order valence-electron chi connectivity index (χ1n) is 11.8. The summed E-state index contributed by atoms with van der Waals surface area (Å²) in [6.07, 6.45) is 15.1. The number of benzene rings is 1. The van der Waals surface area contributed by atoms with Crippen LogP contribution in [0, 0.1) is 5.92 Å². The minimum atomic E-state index is 0.0866. The highest BCUT2D eigenvalue weighted by atomic mass is 16.1. The molecule has 4 rings (SSSR count). The average molecular weight is 383 g/mol. The number of piperidine rings is 1. The molecule has 1 saturated carbocycles. The first-order chi connectivity index (χ1) is 13.7. The smallest absolute Gasteiger partial charge is 0.217 e. The van der Waals surface area contributed by atoms with Crippen molar-refractivity contribution in [1.29, 1.82) is 0 Å². The summed E-state index contributed by atoms with van der Waals surface area (Å²) in [6, 6.07) is 9.10. The second-order valence-electron chi connectivity index (χ2n) is 9.65. The molecular weight excluding hydrogens is 344 g/mol. The molecule has 0 aromatic heterocycles. The molecule has 1 atom stereocenters. The molecule has 0 radical (unpaired) electrons. The Morgan fingerprint density at radius 2 is 1.82 bits per heavy atom. The maximum atomic E-state index is 11.6. The summed E-state index contributed by atoms with van der Waals surface area (Å²) in [6.45, 7) is 5.41. The van der Waals surface area contributed by atoms with Gasteiger partial charge in [-0.2, -0.15) is 0 Å². The van der Waals surface area contributed by atoms with Gasteiger partial charge < -0.3 is 10.2 Å². The van der Waals surface area contributed by atoms with E-state index in [0.29, 0.717) is 5.41 Å². The van der Waals surface area contributed by atoms with Crippen molar-refractivity contribution < 1.29 is 4.79 Å². The van der Waals surface area contributed by atoms with Crippen LogP contribution in [0.1, 0.15) is 94.7 Å². The van der Waals surface area contributed by atoms with Crippen LogP contribution in [0.25, 0.3) is 0 Å². The Bertz CT molecular complexity index is 656. The molecule has 1 aliphatic heterocycles. The Hall–Kier alpha value is -1.35. The first kappa shape index (κ1) is 19.9. The zero-order valence-corrected chi connectivity index (χ0v) is 17.7. The van der Waals surface area contributed by atoms with Gasteiger partial charge in [0.25, 0.3) is 0 Å². The van der Waals surface area contributed by atoms with Crippen LogP contribution in [-0.2, 0) is 10.2 Å². The lowest BCUT2D eigenvalue weighted by atomic mass is 9.63. The molecule has 3 nitrogen and oxygen atoms in total. The fourth-order valence-electron chi connectivity index (χ4n) is 6.19. The molecule has 0 unspecified atom stereocenters. The number of rotatable bonds is 5. The SMILES string of the molecule is CC(=O)N[C@H]1CCC2(CCN(CCCC3CCCCC3)CC2)c2ccccc21. The van der Waals surface area contributed by atoms with E-state index in [1.54, 1.807) is 6.92 Å². The summed E-state index contributed by atoms with van der Waals surface area (Å²) < 4.78 is 0. The van der Waals surface area contributed by atoms with Gasteiger partial charge in [-0.1, -0.05) is 56.4 Å². The summed E-state index contributed by atoms with van der Waals surface area (Å²) >= 11 is 0. The van der Waals surface area contributed by atoms with E-state index in [0.717, 1.165) is 12.3 Å². The third-order valence-electron chi connectivity index (χ3n) is 7.82. The second kappa shape index (κ2) is 8.98. The topological polar surface area (TPSA) is 32.3 Å². The third kappa shape index (κ3) is 4.45. The molecule has 154 valence electrons. The van der Waals surface area contributed by atoms with Crippen molar-refractivity contribution >= 4 is 5.91 Å². The van der Waals surface area contributed by atoms with E-state index < -0.39 is 0 Å². The van der Waals surface area contributed by atoms with Crippen molar-refractivity contribution in [3.05, 3.63) is 35.4 Å². The van der Waals surface area contributed by atoms with Crippen molar-refractivity contribution in [2.75, 3.05) is 19.6 Å². The van der Waals surface area contributed by atoms with E-state index >= 15 is 0 Å². The van der Waals surface area contributed by atoms with Gasteiger partial charge in [-0.15, -0.1) is 0 Å². The minimum absolute atomic E-state index is 0.0866. The van der Waals surface area contributed by atoms with Gasteiger partial charge in [0.15, 0.2) is 0 Å². The van der Waals surface area contributed by atoms with E-state index in [9.17, 15) is 4.79 Å². The zero-order valence-electron chi connectivity index (χ0n) is 17.7. The molecule has 3 aliphatic rings. The lowest BCUT2D eigenvalue weighted by Gasteiger charge is -2.47. The van der Waals surface area contributed by atoms with Crippen LogP contribution in [0.2, 0.25) is 0 Å². The highest BCUT2D eigenvalue weighted by molar-refractivity contribution is 5.73. The highest BCUT2D eigenvalue weighted by Gasteiger charge is 2.41. The maximum absolute atomic E-state index is 11.6. The molecular formula is C25H38N2O. The summed E-state index contributed by atoms with van der Waals surface area (Å²) in [5.74, 6) is 1.10. The van der Waals surface area contributed by atoms with Crippen LogP contribution in [0.3, 0.4) is 0 Å². The van der Waals surface area contributed by atoms with Crippen molar-refractivity contribution in [3.63, 3.8) is 0 Å². The Balaban J connectivity index is 1.33. The van der Waals surface area contributed by atoms with E-state index in [1.165, 1.54) is 95.0 Å². The minimum Gasteiger partial charge on any atom is -0.350 e. The van der Waals surface area contributed by atoms with Crippen LogP contribution in [0.15, 0.2) is 24.3 Å². The number of amides is 1. The molecule has 3 heteroatoms. The number of nitrogens with zero attached hydrogens (tertiary/aromatic N) is 1. The van der Waals surface area contributed by atoms with Gasteiger partial charge >= 0.3 is 0 Å². The first-order valence-corrected chi connectivity index (χ1v) is 11.8. The fourth-order valence-corrected chi connectivity index (χ4v) is 6.19. The number of hydrogen-bond acceptors (Lipinski definition) is 2. The molecule has 1 saturated heterocycles. The molecule has 1 spiro atoms. The van der Waals surface area contributed by atoms with Gasteiger partial charge in [-0.05, 0) is 80.6 Å². The van der Waals surface area contributed by atoms with Crippen LogP contribution in [-0.4, -0.2) is 30.4 Å². The lowest BCUT2D eigenvalue weighted by molar-refractivity contribution is -0.119. The molecule has 28 heavy (non-hydrogen) atoms. The van der Waals surface area contributed by atoms with Gasteiger partial charge in [0.2, 0.25) is 5.91 Å². The maximum Gasteiger partial charge on any atom is 0.217 e. The standard InChI is InChI=1S/C25H38N2O/c1-20(28)26-24-13-14-25(23-12-6-5-11-22(23)24)15-18-27(19-16-25)17-7-10-21-8-3-2-4-9-21/h5-6,11-12,21,24H,2-4,7-10,13-19H2,1H3,(H,26,28)/t24-/m0/s1. The molecule has 1 amide bonds. The number of likely N-dealkylation sites (tertiary alicyclic amines) is 1. The Labute approximate surface area is 171 Å². The fraction of sp³-hybridized carbons (Fsp3) is 0.720. The zero-order chi connectivity index (χ0) is 19.4. The molecule has 1 heterocycles. The van der Waals surface area contributed by atoms with E-state index in [1.807, 2.05) is 0 Å². The average Bonchev–Trinajstić information content (AvgIpc) is 2.72. The van der Waals surface area contributed by atoms with Crippen molar-refractivity contribution in [2.45, 2.75) is 89.0 Å². The molecule has 1 N–H and O–H groups in total. The number of nitrogens with one attached hydrogen (secondary N) is 1. The Kier molecular flexibility index (Phi) is 6.40. The normalized spacial score (nSPS) is 25.4. The molecule has 2 aliphatic carbocycles. The van der Waals surface area contributed by atoms with E-state index in [-0.39, 0.29) is 11.9 Å². The Morgan fingerprint density at radius 1 is 1.07 bits per heavy atom. The van der Waals surface area contributed by atoms with Crippen LogP contribution >= 0.6 is 0 Å². The van der Waals surface area contributed by atoms with Gasteiger partial charge in [0, 0.05) is 6.92 Å². The summed E-state index contributed by atoms with van der Waals surface area (Å²) in [5, 5.41) is 3.18. The third-order valence-corrected chi connectivity index (χ3v) is 7.82. The highest BCUT2D eigenvalue weighted by Crippen LogP contribution is 2.47.